The Morgan fingerprint density at radius 2 is 1.74 bits per heavy atom. The first-order valence-electron chi connectivity index (χ1n) is 12.4. The Kier molecular flexibility index (Phi) is 7.53. The smallest absolute Gasteiger partial charge is 0.281 e. The molecule has 1 aromatic heterocycles. The molecule has 38 heavy (non-hydrogen) atoms. The normalized spacial score (nSPS) is 14.4. The Bertz CT molecular complexity index is 1560. The molecule has 2 heterocycles. The third-order valence-corrected chi connectivity index (χ3v) is 7.32. The third kappa shape index (κ3) is 5.33. The number of carbonyl (C=O) groups is 1. The molecule has 1 aliphatic rings. The number of hydrogen-bond acceptors (Lipinski definition) is 4. The lowest BCUT2D eigenvalue weighted by molar-refractivity contribution is -0.113. The van der Waals surface area contributed by atoms with E-state index in [2.05, 4.69) is 63.9 Å². The van der Waals surface area contributed by atoms with Crippen LogP contribution >= 0.6 is 28.1 Å². The number of nitrogens with zero attached hydrogens (tertiary/aromatic N) is 2. The summed E-state index contributed by atoms with van der Waals surface area (Å²) in [6.45, 7) is 7.86. The molecule has 0 spiro atoms. The Morgan fingerprint density at radius 1 is 0.974 bits per heavy atom. The summed E-state index contributed by atoms with van der Waals surface area (Å²) in [5, 5.41) is 4.47. The number of thiocarbonyl (C=S) groups is 1. The molecule has 1 saturated heterocycles. The quantitative estimate of drug-likeness (QED) is 0.182. The standard InChI is InChI=1S/C30H28BrN3O3S/c1-4-36-24-10-7-23(8-11-24)34-29(35)27(32-30(34)38)16-21-18-33(28-12-6-22(31)17-26(21)28)13-14-37-25-9-5-19(2)20(3)15-25/h5-12,15-18H,4,13-14H2,1-3H3,(H,32,38)/b27-16-. The third-order valence-electron chi connectivity index (χ3n) is 6.54. The number of halogens is 1. The SMILES string of the molecule is CCOc1ccc(N2C(=O)/C(=C/c3cn(CCOc4ccc(C)c(C)c4)c4ccc(Br)cc34)NC2=S)cc1. The van der Waals surface area contributed by atoms with E-state index in [1.165, 1.54) is 16.0 Å². The van der Waals surface area contributed by atoms with Crippen molar-refractivity contribution in [2.24, 2.45) is 0 Å². The lowest BCUT2D eigenvalue weighted by Crippen LogP contribution is -2.30. The summed E-state index contributed by atoms with van der Waals surface area (Å²) < 4.78 is 14.7. The molecule has 0 radical (unpaired) electrons. The van der Waals surface area contributed by atoms with Crippen molar-refractivity contribution < 1.29 is 14.3 Å². The van der Waals surface area contributed by atoms with Crippen LogP contribution in [0.15, 0.2) is 77.0 Å². The molecular formula is C30H28BrN3O3S. The van der Waals surface area contributed by atoms with Crippen LogP contribution in [0, 0.1) is 13.8 Å². The molecule has 0 aliphatic carbocycles. The average Bonchev–Trinajstić information content (AvgIpc) is 3.37. The maximum absolute atomic E-state index is 13.4. The molecule has 1 fully saturated rings. The highest BCUT2D eigenvalue weighted by Crippen LogP contribution is 2.29. The van der Waals surface area contributed by atoms with Crippen molar-refractivity contribution in [1.29, 1.82) is 0 Å². The highest BCUT2D eigenvalue weighted by atomic mass is 79.9. The minimum atomic E-state index is -0.201. The number of hydrogen-bond donors (Lipinski definition) is 1. The fourth-order valence-electron chi connectivity index (χ4n) is 4.45. The predicted molar refractivity (Wildman–Crippen MR) is 160 cm³/mol. The summed E-state index contributed by atoms with van der Waals surface area (Å²) >= 11 is 9.10. The van der Waals surface area contributed by atoms with Gasteiger partial charge in [-0.3, -0.25) is 9.69 Å². The first kappa shape index (κ1) is 26.0. The summed E-state index contributed by atoms with van der Waals surface area (Å²) in [6, 6.07) is 19.6. The predicted octanol–water partition coefficient (Wildman–Crippen LogP) is 6.76. The van der Waals surface area contributed by atoms with E-state index in [1.807, 2.05) is 55.6 Å². The van der Waals surface area contributed by atoms with Crippen LogP contribution in [0.2, 0.25) is 0 Å². The number of benzene rings is 3. The first-order chi connectivity index (χ1) is 18.3. The molecule has 0 saturated carbocycles. The maximum Gasteiger partial charge on any atom is 0.281 e. The van der Waals surface area contributed by atoms with Gasteiger partial charge in [-0.2, -0.15) is 0 Å². The van der Waals surface area contributed by atoms with Gasteiger partial charge in [0.15, 0.2) is 5.11 Å². The molecule has 6 nitrogen and oxygen atoms in total. The summed E-state index contributed by atoms with van der Waals surface area (Å²) in [4.78, 5) is 14.9. The van der Waals surface area contributed by atoms with Crippen molar-refractivity contribution in [3.05, 3.63) is 93.7 Å². The lowest BCUT2D eigenvalue weighted by Gasteiger charge is -2.14. The van der Waals surface area contributed by atoms with E-state index in [0.717, 1.165) is 32.4 Å². The van der Waals surface area contributed by atoms with Crippen LogP contribution < -0.4 is 19.7 Å². The van der Waals surface area contributed by atoms with Crippen molar-refractivity contribution >= 4 is 61.8 Å². The molecule has 1 aliphatic heterocycles. The lowest BCUT2D eigenvalue weighted by atomic mass is 10.1. The van der Waals surface area contributed by atoms with Gasteiger partial charge < -0.3 is 19.4 Å². The van der Waals surface area contributed by atoms with Gasteiger partial charge in [-0.1, -0.05) is 22.0 Å². The van der Waals surface area contributed by atoms with Gasteiger partial charge in [-0.15, -0.1) is 0 Å². The van der Waals surface area contributed by atoms with Gasteiger partial charge >= 0.3 is 0 Å². The summed E-state index contributed by atoms with van der Waals surface area (Å²) in [5.74, 6) is 1.41. The zero-order valence-electron chi connectivity index (χ0n) is 21.5. The molecule has 5 rings (SSSR count). The number of rotatable bonds is 8. The second-order valence-electron chi connectivity index (χ2n) is 9.09. The van der Waals surface area contributed by atoms with Gasteiger partial charge in [0.05, 0.1) is 18.8 Å². The Labute approximate surface area is 236 Å². The number of aromatic nitrogens is 1. The molecule has 194 valence electrons. The fourth-order valence-corrected chi connectivity index (χ4v) is 5.11. The Balaban J connectivity index is 1.39. The highest BCUT2D eigenvalue weighted by molar-refractivity contribution is 9.10. The molecule has 1 amide bonds. The second-order valence-corrected chi connectivity index (χ2v) is 10.4. The van der Waals surface area contributed by atoms with Crippen LogP contribution in [0.25, 0.3) is 17.0 Å². The first-order valence-corrected chi connectivity index (χ1v) is 13.6. The number of amides is 1. The molecule has 0 unspecified atom stereocenters. The van der Waals surface area contributed by atoms with Crippen LogP contribution in [-0.4, -0.2) is 28.8 Å². The van der Waals surface area contributed by atoms with E-state index in [9.17, 15) is 4.79 Å². The van der Waals surface area contributed by atoms with Crippen LogP contribution in [0.4, 0.5) is 5.69 Å². The zero-order chi connectivity index (χ0) is 26.8. The van der Waals surface area contributed by atoms with Crippen molar-refractivity contribution in [1.82, 2.24) is 9.88 Å². The Hall–Kier alpha value is -3.62. The van der Waals surface area contributed by atoms with E-state index < -0.39 is 0 Å². The van der Waals surface area contributed by atoms with Crippen molar-refractivity contribution in [2.75, 3.05) is 18.1 Å². The molecule has 0 bridgehead atoms. The molecule has 1 N–H and O–H groups in total. The zero-order valence-corrected chi connectivity index (χ0v) is 23.9. The average molecular weight is 591 g/mol. The highest BCUT2D eigenvalue weighted by Gasteiger charge is 2.32. The largest absolute Gasteiger partial charge is 0.494 e. The molecule has 3 aromatic carbocycles. The van der Waals surface area contributed by atoms with E-state index in [0.29, 0.717) is 36.3 Å². The summed E-state index contributed by atoms with van der Waals surface area (Å²) in [5.41, 5.74) is 5.54. The van der Waals surface area contributed by atoms with E-state index in [-0.39, 0.29) is 5.91 Å². The van der Waals surface area contributed by atoms with Crippen LogP contribution in [0.5, 0.6) is 11.5 Å². The Morgan fingerprint density at radius 3 is 2.47 bits per heavy atom. The van der Waals surface area contributed by atoms with Crippen LogP contribution in [0.1, 0.15) is 23.6 Å². The van der Waals surface area contributed by atoms with Crippen molar-refractivity contribution in [3.8, 4) is 11.5 Å². The van der Waals surface area contributed by atoms with Gasteiger partial charge in [-0.25, -0.2) is 0 Å². The fraction of sp³-hybridized carbons (Fsp3) is 0.200. The minimum absolute atomic E-state index is 0.201. The molecule has 8 heteroatoms. The summed E-state index contributed by atoms with van der Waals surface area (Å²) in [7, 11) is 0. The topological polar surface area (TPSA) is 55.7 Å². The summed E-state index contributed by atoms with van der Waals surface area (Å²) in [6.07, 6.45) is 3.91. The second kappa shape index (κ2) is 11.0. The van der Waals surface area contributed by atoms with Gasteiger partial charge in [0, 0.05) is 27.1 Å². The van der Waals surface area contributed by atoms with Gasteiger partial charge in [0.25, 0.3) is 5.91 Å². The number of ether oxygens (including phenoxy) is 2. The van der Waals surface area contributed by atoms with Gasteiger partial charge in [0.2, 0.25) is 0 Å². The van der Waals surface area contributed by atoms with E-state index in [4.69, 9.17) is 21.7 Å². The van der Waals surface area contributed by atoms with E-state index in [1.54, 1.807) is 0 Å². The number of aryl methyl sites for hydroxylation is 2. The molecule has 0 atom stereocenters. The minimum Gasteiger partial charge on any atom is -0.494 e. The van der Waals surface area contributed by atoms with Crippen LogP contribution in [-0.2, 0) is 11.3 Å². The number of fused-ring (bicyclic) bond motifs is 1. The number of nitrogens with one attached hydrogen (secondary N) is 1. The van der Waals surface area contributed by atoms with Crippen molar-refractivity contribution in [3.63, 3.8) is 0 Å². The van der Waals surface area contributed by atoms with Gasteiger partial charge in [-0.05, 0) is 105 Å². The van der Waals surface area contributed by atoms with Crippen molar-refractivity contribution in [2.45, 2.75) is 27.3 Å². The molecular weight excluding hydrogens is 562 g/mol. The number of carbonyl (C=O) groups excluding carboxylic acids is 1. The van der Waals surface area contributed by atoms with Gasteiger partial charge in [0.1, 0.15) is 23.8 Å². The van der Waals surface area contributed by atoms with E-state index >= 15 is 0 Å². The van der Waals surface area contributed by atoms with Crippen LogP contribution in [0.3, 0.4) is 0 Å². The maximum atomic E-state index is 13.4. The molecule has 4 aromatic rings. The number of anilines is 1. The monoisotopic (exact) mass is 589 g/mol.